The van der Waals surface area contributed by atoms with Crippen molar-refractivity contribution in [1.82, 2.24) is 9.80 Å². The van der Waals surface area contributed by atoms with Crippen molar-refractivity contribution in [3.05, 3.63) is 29.8 Å². The number of halogens is 2. The minimum atomic E-state index is -2.83. The van der Waals surface area contributed by atoms with E-state index in [1.165, 1.54) is 0 Å². The van der Waals surface area contributed by atoms with E-state index >= 15 is 0 Å². The van der Waals surface area contributed by atoms with Crippen LogP contribution in [-0.2, 0) is 6.54 Å². The van der Waals surface area contributed by atoms with Crippen molar-refractivity contribution in [3.8, 4) is 5.75 Å². The molecule has 118 valence electrons. The van der Waals surface area contributed by atoms with Gasteiger partial charge in [0.15, 0.2) is 0 Å². The highest BCUT2D eigenvalue weighted by Gasteiger charge is 2.31. The number of hydrogen-bond donors (Lipinski definition) is 1. The lowest BCUT2D eigenvalue weighted by atomic mass is 10.1. The number of likely N-dealkylation sites (tertiary alicyclic amines) is 1. The summed E-state index contributed by atoms with van der Waals surface area (Å²) in [5.74, 6) is 0.206. The van der Waals surface area contributed by atoms with Gasteiger partial charge in [-0.3, -0.25) is 4.90 Å². The van der Waals surface area contributed by atoms with Gasteiger partial charge in [0.1, 0.15) is 5.75 Å². The third-order valence-corrected chi connectivity index (χ3v) is 3.64. The van der Waals surface area contributed by atoms with Crippen molar-refractivity contribution in [2.75, 3.05) is 27.2 Å². The first-order valence-electron chi connectivity index (χ1n) is 7.05. The van der Waals surface area contributed by atoms with E-state index in [1.54, 1.807) is 24.3 Å². The van der Waals surface area contributed by atoms with Gasteiger partial charge in [-0.05, 0) is 26.6 Å². The van der Waals surface area contributed by atoms with Crippen LogP contribution in [0.4, 0.5) is 8.78 Å². The third kappa shape index (κ3) is 4.62. The molecule has 2 atom stereocenters. The summed E-state index contributed by atoms with van der Waals surface area (Å²) in [5, 5.41) is 9.86. The van der Waals surface area contributed by atoms with Crippen LogP contribution in [0.2, 0.25) is 0 Å². The van der Waals surface area contributed by atoms with E-state index in [9.17, 15) is 13.9 Å². The van der Waals surface area contributed by atoms with Crippen LogP contribution in [0.5, 0.6) is 5.75 Å². The van der Waals surface area contributed by atoms with Crippen LogP contribution in [0.3, 0.4) is 0 Å². The molecule has 0 aliphatic carbocycles. The number of rotatable bonds is 6. The normalized spacial score (nSPS) is 23.2. The monoisotopic (exact) mass is 300 g/mol. The van der Waals surface area contributed by atoms with Crippen LogP contribution in [0.25, 0.3) is 0 Å². The molecule has 1 fully saturated rings. The van der Waals surface area contributed by atoms with Gasteiger partial charge in [0, 0.05) is 31.2 Å². The molecule has 1 aromatic carbocycles. The maximum Gasteiger partial charge on any atom is 0.387 e. The van der Waals surface area contributed by atoms with Crippen LogP contribution < -0.4 is 4.74 Å². The Bertz CT molecular complexity index is 457. The van der Waals surface area contributed by atoms with Gasteiger partial charge in [-0.1, -0.05) is 18.2 Å². The minimum absolute atomic E-state index is 0.206. The highest BCUT2D eigenvalue weighted by molar-refractivity contribution is 5.33. The van der Waals surface area contributed by atoms with Gasteiger partial charge in [0.05, 0.1) is 6.10 Å². The fraction of sp³-hybridized carbons (Fsp3) is 0.600. The van der Waals surface area contributed by atoms with E-state index in [-0.39, 0.29) is 17.9 Å². The average molecular weight is 300 g/mol. The Morgan fingerprint density at radius 3 is 2.76 bits per heavy atom. The molecule has 1 aliphatic rings. The number of nitrogens with zero attached hydrogens (tertiary/aromatic N) is 2. The average Bonchev–Trinajstić information content (AvgIpc) is 2.70. The molecule has 0 spiro atoms. The molecule has 1 saturated heterocycles. The summed E-state index contributed by atoms with van der Waals surface area (Å²) in [4.78, 5) is 4.19. The zero-order chi connectivity index (χ0) is 15.4. The summed E-state index contributed by atoms with van der Waals surface area (Å²) < 4.78 is 29.5. The van der Waals surface area contributed by atoms with Gasteiger partial charge in [-0.2, -0.15) is 8.78 Å². The summed E-state index contributed by atoms with van der Waals surface area (Å²) in [6, 6.07) is 7.04. The summed E-state index contributed by atoms with van der Waals surface area (Å²) >= 11 is 0. The Labute approximate surface area is 123 Å². The predicted molar refractivity (Wildman–Crippen MR) is 76.4 cm³/mol. The second-order valence-electron chi connectivity index (χ2n) is 5.72. The summed E-state index contributed by atoms with van der Waals surface area (Å²) in [7, 11) is 3.97. The topological polar surface area (TPSA) is 35.9 Å². The van der Waals surface area contributed by atoms with E-state index in [4.69, 9.17) is 0 Å². The second kappa shape index (κ2) is 7.15. The van der Waals surface area contributed by atoms with Crippen LogP contribution in [0.1, 0.15) is 12.0 Å². The number of para-hydroxylation sites is 1. The number of likely N-dealkylation sites (N-methyl/N-ethyl adjacent to an activating group) is 1. The molecular formula is C15H22F2N2O2. The maximum atomic E-state index is 12.4. The van der Waals surface area contributed by atoms with Crippen molar-refractivity contribution in [3.63, 3.8) is 0 Å². The van der Waals surface area contributed by atoms with E-state index in [0.29, 0.717) is 19.5 Å². The summed E-state index contributed by atoms with van der Waals surface area (Å²) in [6.45, 7) is -0.942. The first kappa shape index (κ1) is 16.1. The van der Waals surface area contributed by atoms with Crippen molar-refractivity contribution in [2.24, 2.45) is 0 Å². The quantitative estimate of drug-likeness (QED) is 0.869. The number of aliphatic hydroxyl groups excluding tert-OH is 1. The molecule has 4 nitrogen and oxygen atoms in total. The zero-order valence-corrected chi connectivity index (χ0v) is 12.4. The van der Waals surface area contributed by atoms with Gasteiger partial charge in [-0.25, -0.2) is 0 Å². The van der Waals surface area contributed by atoms with Crippen LogP contribution >= 0.6 is 0 Å². The maximum absolute atomic E-state index is 12.4. The number of alkyl halides is 2. The Kier molecular flexibility index (Phi) is 5.50. The fourth-order valence-electron chi connectivity index (χ4n) is 2.83. The zero-order valence-electron chi connectivity index (χ0n) is 12.4. The van der Waals surface area contributed by atoms with Gasteiger partial charge < -0.3 is 14.7 Å². The molecule has 0 saturated carbocycles. The molecule has 0 radical (unpaired) electrons. The Morgan fingerprint density at radius 2 is 2.10 bits per heavy atom. The molecule has 2 unspecified atom stereocenters. The molecule has 2 rings (SSSR count). The van der Waals surface area contributed by atoms with Crippen LogP contribution in [0, 0.1) is 0 Å². The van der Waals surface area contributed by atoms with E-state index in [0.717, 1.165) is 12.1 Å². The number of benzene rings is 1. The van der Waals surface area contributed by atoms with E-state index in [2.05, 4.69) is 14.5 Å². The van der Waals surface area contributed by atoms with Gasteiger partial charge in [-0.15, -0.1) is 0 Å². The molecular weight excluding hydrogens is 278 g/mol. The Balaban J connectivity index is 2.09. The highest BCUT2D eigenvalue weighted by Crippen LogP contribution is 2.26. The van der Waals surface area contributed by atoms with Crippen LogP contribution in [0.15, 0.2) is 24.3 Å². The Morgan fingerprint density at radius 1 is 1.38 bits per heavy atom. The number of aliphatic hydroxyl groups is 1. The van der Waals surface area contributed by atoms with Crippen molar-refractivity contribution in [2.45, 2.75) is 31.7 Å². The minimum Gasteiger partial charge on any atom is -0.434 e. The lowest BCUT2D eigenvalue weighted by molar-refractivity contribution is -0.0508. The predicted octanol–water partition coefficient (Wildman–Crippen LogP) is 1.78. The Hall–Kier alpha value is -1.24. The second-order valence-corrected chi connectivity index (χ2v) is 5.72. The van der Waals surface area contributed by atoms with E-state index in [1.807, 2.05) is 14.1 Å². The third-order valence-electron chi connectivity index (χ3n) is 3.64. The molecule has 1 N–H and O–H groups in total. The standard InChI is InChI=1S/C15H22F2N2O2/c1-18(2)9-12-7-13(20)10-19(12)8-11-5-3-4-6-14(11)21-15(16)17/h3-6,12-13,15,20H,7-10H2,1-2H3. The highest BCUT2D eigenvalue weighted by atomic mass is 19.3. The fourth-order valence-corrected chi connectivity index (χ4v) is 2.83. The van der Waals surface area contributed by atoms with Gasteiger partial charge >= 0.3 is 6.61 Å². The number of hydrogen-bond acceptors (Lipinski definition) is 4. The first-order valence-corrected chi connectivity index (χ1v) is 7.05. The molecule has 1 aliphatic heterocycles. The first-order chi connectivity index (χ1) is 9.95. The van der Waals surface area contributed by atoms with Crippen molar-refractivity contribution in [1.29, 1.82) is 0 Å². The van der Waals surface area contributed by atoms with E-state index < -0.39 is 6.61 Å². The summed E-state index contributed by atoms with van der Waals surface area (Å²) in [5.41, 5.74) is 0.718. The number of β-amino-alcohol motifs (C(OH)–C–C–N with tert-alkyl or cyclic N) is 1. The van der Waals surface area contributed by atoms with Crippen LogP contribution in [-0.4, -0.2) is 60.8 Å². The summed E-state index contributed by atoms with van der Waals surface area (Å²) in [6.07, 6.45) is 0.342. The smallest absolute Gasteiger partial charge is 0.387 e. The molecule has 0 bridgehead atoms. The van der Waals surface area contributed by atoms with Gasteiger partial charge in [0.25, 0.3) is 0 Å². The largest absolute Gasteiger partial charge is 0.434 e. The number of ether oxygens (including phenoxy) is 1. The molecule has 1 heterocycles. The molecule has 6 heteroatoms. The van der Waals surface area contributed by atoms with Crippen molar-refractivity contribution < 1.29 is 18.6 Å². The lowest BCUT2D eigenvalue weighted by Gasteiger charge is -2.27. The SMILES string of the molecule is CN(C)CC1CC(O)CN1Cc1ccccc1OC(F)F. The lowest BCUT2D eigenvalue weighted by Crippen LogP contribution is -2.37. The molecule has 1 aromatic rings. The van der Waals surface area contributed by atoms with Gasteiger partial charge in [0.2, 0.25) is 0 Å². The molecule has 21 heavy (non-hydrogen) atoms. The molecule has 0 aromatic heterocycles. The van der Waals surface area contributed by atoms with Crippen molar-refractivity contribution >= 4 is 0 Å². The molecule has 0 amide bonds.